The minimum atomic E-state index is 0.0556. The van der Waals surface area contributed by atoms with Gasteiger partial charge in [-0.1, -0.05) is 124 Å². The van der Waals surface area contributed by atoms with Crippen LogP contribution in [0.4, 0.5) is 0 Å². The summed E-state index contributed by atoms with van der Waals surface area (Å²) in [5, 5.41) is 9.79. The van der Waals surface area contributed by atoms with Gasteiger partial charge in [0.05, 0.1) is 0 Å². The maximum absolute atomic E-state index is 3.65. The highest BCUT2D eigenvalue weighted by molar-refractivity contribution is 9.10. The van der Waals surface area contributed by atoms with Crippen LogP contribution in [0.2, 0.25) is 0 Å². The second-order valence-corrected chi connectivity index (χ2v) is 15.4. The molecule has 1 aliphatic carbocycles. The summed E-state index contributed by atoms with van der Waals surface area (Å²) in [7, 11) is 2.16. The Bertz CT molecular complexity index is 2060. The molecule has 1 unspecified atom stereocenters. The Kier molecular flexibility index (Phi) is 6.27. The molecule has 0 N–H and O–H groups in total. The van der Waals surface area contributed by atoms with Crippen molar-refractivity contribution in [3.63, 3.8) is 0 Å². The summed E-state index contributed by atoms with van der Waals surface area (Å²) in [5.74, 6) is 0.324. The summed E-state index contributed by atoms with van der Waals surface area (Å²) >= 11 is 3.65. The molecule has 0 spiro atoms. The van der Waals surface area contributed by atoms with Gasteiger partial charge >= 0.3 is 0 Å². The second-order valence-electron chi connectivity index (χ2n) is 14.5. The zero-order chi connectivity index (χ0) is 29.6. The standard InChI is InChI=1S/C40H38BBr/c1-39(2,3)29-17-28-18-30(40(4,5)6)22-36-34-20-26(24-9-13-32(42)14-10-24)16-27-15-25(23-7-11-31(41)12-8-23)19-33(37(27)34)35(21-29)38(28)36/h7-19,21-22,26H,20,41H2,1-6H3. The van der Waals surface area contributed by atoms with Crippen molar-refractivity contribution in [3.05, 3.63) is 117 Å². The van der Waals surface area contributed by atoms with Gasteiger partial charge in [-0.15, -0.1) is 0 Å². The van der Waals surface area contributed by atoms with E-state index in [9.17, 15) is 0 Å². The van der Waals surface area contributed by atoms with E-state index in [0.717, 1.165) is 10.9 Å². The van der Waals surface area contributed by atoms with Gasteiger partial charge in [0.15, 0.2) is 0 Å². The quantitative estimate of drug-likeness (QED) is 0.104. The summed E-state index contributed by atoms with van der Waals surface area (Å²) in [6, 6.07) is 32.8. The number of halogens is 1. The van der Waals surface area contributed by atoms with Gasteiger partial charge in [0.1, 0.15) is 7.85 Å². The highest BCUT2D eigenvalue weighted by Gasteiger charge is 2.26. The lowest BCUT2D eigenvalue weighted by molar-refractivity contribution is 0.590. The Morgan fingerprint density at radius 1 is 0.643 bits per heavy atom. The predicted molar refractivity (Wildman–Crippen MR) is 190 cm³/mol. The highest BCUT2D eigenvalue weighted by atomic mass is 79.9. The molecule has 0 saturated carbocycles. The summed E-state index contributed by atoms with van der Waals surface area (Å²) < 4.78 is 1.12. The van der Waals surface area contributed by atoms with E-state index < -0.39 is 0 Å². The Labute approximate surface area is 259 Å². The first-order chi connectivity index (χ1) is 19.9. The van der Waals surface area contributed by atoms with Crippen molar-refractivity contribution in [2.24, 2.45) is 0 Å². The number of rotatable bonds is 2. The second kappa shape index (κ2) is 9.58. The summed E-state index contributed by atoms with van der Waals surface area (Å²) in [5.41, 5.74) is 9.65. The molecule has 1 aliphatic rings. The molecule has 0 fully saturated rings. The maximum atomic E-state index is 3.65. The predicted octanol–water partition coefficient (Wildman–Crippen LogP) is 9.27. The van der Waals surface area contributed by atoms with Gasteiger partial charge in [-0.05, 0) is 118 Å². The molecule has 42 heavy (non-hydrogen) atoms. The number of hydrogen-bond acceptors (Lipinski definition) is 0. The molecule has 0 bridgehead atoms. The van der Waals surface area contributed by atoms with Gasteiger partial charge in [-0.2, -0.15) is 0 Å². The molecule has 0 saturated heterocycles. The first-order valence-electron chi connectivity index (χ1n) is 15.2. The fourth-order valence-corrected chi connectivity index (χ4v) is 7.12. The van der Waals surface area contributed by atoms with Crippen molar-refractivity contribution < 1.29 is 0 Å². The van der Waals surface area contributed by atoms with E-state index in [1.165, 1.54) is 76.4 Å². The third-order valence-corrected chi connectivity index (χ3v) is 9.88. The monoisotopic (exact) mass is 608 g/mol. The van der Waals surface area contributed by atoms with Gasteiger partial charge in [0.25, 0.3) is 0 Å². The van der Waals surface area contributed by atoms with E-state index in [0.29, 0.717) is 5.92 Å². The SMILES string of the molecule is Bc1ccc(-c2cc3c4c(c5cc(C(C)(C)C)cc6cc(C(C)(C)C)cc(c4c2)c65)CC(c2ccc(Br)cc2)C=3)cc1. The first kappa shape index (κ1) is 27.5. The van der Waals surface area contributed by atoms with Crippen molar-refractivity contribution in [2.45, 2.75) is 64.7 Å². The lowest BCUT2D eigenvalue weighted by Gasteiger charge is -2.28. The van der Waals surface area contributed by atoms with Gasteiger partial charge in [-0.3, -0.25) is 0 Å². The highest BCUT2D eigenvalue weighted by Crippen LogP contribution is 2.44. The molecule has 0 heterocycles. The van der Waals surface area contributed by atoms with Gasteiger partial charge in [0.2, 0.25) is 0 Å². The van der Waals surface area contributed by atoms with Crippen LogP contribution in [0.25, 0.3) is 49.5 Å². The van der Waals surface area contributed by atoms with Crippen molar-refractivity contribution in [1.29, 1.82) is 0 Å². The average molecular weight is 609 g/mol. The topological polar surface area (TPSA) is 0 Å². The lowest BCUT2D eigenvalue weighted by Crippen LogP contribution is -2.18. The van der Waals surface area contributed by atoms with Gasteiger partial charge in [-0.25, -0.2) is 0 Å². The molecular weight excluding hydrogens is 571 g/mol. The van der Waals surface area contributed by atoms with Gasteiger partial charge in [0, 0.05) is 10.4 Å². The molecular formula is C40H38BBr. The third-order valence-electron chi connectivity index (χ3n) is 9.35. The fraction of sp³-hybridized carbons (Fsp3) is 0.250. The Balaban J connectivity index is 1.67. The Morgan fingerprint density at radius 3 is 1.86 bits per heavy atom. The fourth-order valence-electron chi connectivity index (χ4n) is 6.86. The Hall–Kier alpha value is -3.36. The molecule has 2 heteroatoms. The van der Waals surface area contributed by atoms with E-state index >= 15 is 0 Å². The van der Waals surface area contributed by atoms with Crippen molar-refractivity contribution in [1.82, 2.24) is 0 Å². The van der Waals surface area contributed by atoms with E-state index in [2.05, 4.69) is 156 Å². The van der Waals surface area contributed by atoms with E-state index in [4.69, 9.17) is 0 Å². The summed E-state index contributed by atoms with van der Waals surface area (Å²) in [6.07, 6.45) is 3.54. The average Bonchev–Trinajstić information content (AvgIpc) is 2.94. The van der Waals surface area contributed by atoms with Crippen molar-refractivity contribution >= 4 is 67.6 Å². The number of benzene rings is 6. The van der Waals surface area contributed by atoms with Crippen LogP contribution >= 0.6 is 15.9 Å². The van der Waals surface area contributed by atoms with E-state index in [-0.39, 0.29) is 10.8 Å². The van der Waals surface area contributed by atoms with Crippen molar-refractivity contribution in [3.8, 4) is 11.1 Å². The van der Waals surface area contributed by atoms with Crippen LogP contribution in [0.15, 0.2) is 89.4 Å². The number of hydrogen-bond donors (Lipinski definition) is 0. The molecule has 6 aromatic carbocycles. The minimum Gasteiger partial charge on any atom is -0.0889 e. The minimum absolute atomic E-state index is 0.0556. The van der Waals surface area contributed by atoms with Crippen LogP contribution in [-0.4, -0.2) is 7.85 Å². The molecule has 208 valence electrons. The van der Waals surface area contributed by atoms with Crippen LogP contribution in [0.5, 0.6) is 0 Å². The largest absolute Gasteiger partial charge is 0.139 e. The molecule has 0 radical (unpaired) electrons. The van der Waals surface area contributed by atoms with Crippen LogP contribution in [0, 0.1) is 0 Å². The van der Waals surface area contributed by atoms with E-state index in [1.54, 1.807) is 0 Å². The lowest BCUT2D eigenvalue weighted by atomic mass is 9.76. The summed E-state index contributed by atoms with van der Waals surface area (Å²) in [4.78, 5) is 0. The first-order valence-corrected chi connectivity index (χ1v) is 16.0. The zero-order valence-corrected chi connectivity index (χ0v) is 27.4. The smallest absolute Gasteiger partial charge is 0.0889 e. The Morgan fingerprint density at radius 2 is 1.24 bits per heavy atom. The number of fused-ring (bicyclic) bond motifs is 2. The molecule has 7 rings (SSSR count). The van der Waals surface area contributed by atoms with Crippen LogP contribution < -0.4 is 10.7 Å². The van der Waals surface area contributed by atoms with E-state index in [1.807, 2.05) is 0 Å². The van der Waals surface area contributed by atoms with Crippen LogP contribution in [0.1, 0.15) is 69.7 Å². The third kappa shape index (κ3) is 4.60. The molecule has 0 amide bonds. The summed E-state index contributed by atoms with van der Waals surface area (Å²) in [6.45, 7) is 14.0. The molecule has 0 aromatic heterocycles. The molecule has 0 aliphatic heterocycles. The van der Waals surface area contributed by atoms with Crippen LogP contribution in [0.3, 0.4) is 0 Å². The zero-order valence-electron chi connectivity index (χ0n) is 25.8. The maximum Gasteiger partial charge on any atom is 0.139 e. The van der Waals surface area contributed by atoms with Crippen LogP contribution in [-0.2, 0) is 17.3 Å². The molecule has 1 atom stereocenters. The normalized spacial score (nSPS) is 15.5. The van der Waals surface area contributed by atoms with Crippen molar-refractivity contribution in [2.75, 3.05) is 0 Å². The molecule has 0 nitrogen and oxygen atoms in total. The molecule has 6 aromatic rings. The van der Waals surface area contributed by atoms with Gasteiger partial charge < -0.3 is 0 Å².